The molecule has 0 atom stereocenters. The van der Waals surface area contributed by atoms with Crippen LogP contribution in [0.1, 0.15) is 17.3 Å². The number of carbonyl (C=O) groups is 2. The van der Waals surface area contributed by atoms with E-state index in [-0.39, 0.29) is 18.0 Å². The number of hydrogen-bond donors (Lipinski definition) is 2. The Morgan fingerprint density at radius 3 is 2.80 bits per heavy atom. The number of benzene rings is 1. The third-order valence-corrected chi connectivity index (χ3v) is 2.80. The second-order valence-electron chi connectivity index (χ2n) is 4.27. The molecule has 0 fully saturated rings. The highest BCUT2D eigenvalue weighted by atomic mass is 16.5. The van der Waals surface area contributed by atoms with Gasteiger partial charge in [0.2, 0.25) is 5.91 Å². The molecular weight excluding hydrogens is 260 g/mol. The van der Waals surface area contributed by atoms with Crippen LogP contribution in [-0.4, -0.2) is 55.2 Å². The van der Waals surface area contributed by atoms with Gasteiger partial charge in [0, 0.05) is 20.1 Å². The van der Waals surface area contributed by atoms with Crippen LogP contribution in [0.2, 0.25) is 0 Å². The van der Waals surface area contributed by atoms with Gasteiger partial charge in [-0.05, 0) is 25.1 Å². The fourth-order valence-electron chi connectivity index (χ4n) is 1.47. The molecule has 1 aromatic rings. The first kappa shape index (κ1) is 16.0. The lowest BCUT2D eigenvalue weighted by molar-refractivity contribution is -0.128. The zero-order valence-corrected chi connectivity index (χ0v) is 11.8. The van der Waals surface area contributed by atoms with Crippen molar-refractivity contribution >= 4 is 11.9 Å². The lowest BCUT2D eigenvalue weighted by Crippen LogP contribution is -2.36. The molecule has 0 heterocycles. The fraction of sp³-hybridized carbons (Fsp3) is 0.429. The van der Waals surface area contributed by atoms with Gasteiger partial charge in [-0.3, -0.25) is 4.79 Å². The number of carbonyl (C=O) groups excluding carboxylic acids is 1. The summed E-state index contributed by atoms with van der Waals surface area (Å²) >= 11 is 0. The summed E-state index contributed by atoms with van der Waals surface area (Å²) in [6, 6.07) is 6.31. The van der Waals surface area contributed by atoms with Crippen molar-refractivity contribution in [3.8, 4) is 5.75 Å². The van der Waals surface area contributed by atoms with Crippen LogP contribution in [0.4, 0.5) is 0 Å². The lowest BCUT2D eigenvalue weighted by atomic mass is 10.2. The van der Waals surface area contributed by atoms with Crippen LogP contribution in [-0.2, 0) is 4.79 Å². The predicted octanol–water partition coefficient (Wildman–Crippen LogP) is 0.832. The predicted molar refractivity (Wildman–Crippen MR) is 75.1 cm³/mol. The third-order valence-electron chi connectivity index (χ3n) is 2.80. The zero-order chi connectivity index (χ0) is 15.0. The van der Waals surface area contributed by atoms with Crippen LogP contribution >= 0.6 is 0 Å². The first-order chi connectivity index (χ1) is 9.54. The van der Waals surface area contributed by atoms with E-state index >= 15 is 0 Å². The topological polar surface area (TPSA) is 78.9 Å². The zero-order valence-electron chi connectivity index (χ0n) is 11.8. The van der Waals surface area contributed by atoms with Gasteiger partial charge in [0.1, 0.15) is 12.4 Å². The Morgan fingerprint density at radius 1 is 1.40 bits per heavy atom. The van der Waals surface area contributed by atoms with Gasteiger partial charge in [-0.2, -0.15) is 0 Å². The van der Waals surface area contributed by atoms with Crippen molar-refractivity contribution in [3.63, 3.8) is 0 Å². The van der Waals surface area contributed by atoms with Crippen LogP contribution in [0, 0.1) is 0 Å². The van der Waals surface area contributed by atoms with E-state index in [1.54, 1.807) is 24.1 Å². The van der Waals surface area contributed by atoms with Crippen molar-refractivity contribution < 1.29 is 19.4 Å². The van der Waals surface area contributed by atoms with E-state index in [0.717, 1.165) is 0 Å². The molecule has 110 valence electrons. The van der Waals surface area contributed by atoms with Crippen molar-refractivity contribution in [2.24, 2.45) is 0 Å². The molecule has 0 unspecified atom stereocenters. The number of carboxylic acids is 1. The van der Waals surface area contributed by atoms with Crippen molar-refractivity contribution in [3.05, 3.63) is 29.8 Å². The monoisotopic (exact) mass is 280 g/mol. The Kier molecular flexibility index (Phi) is 6.52. The molecule has 1 rings (SSSR count). The molecule has 2 N–H and O–H groups in total. The molecule has 0 aliphatic heterocycles. The van der Waals surface area contributed by atoms with E-state index in [0.29, 0.717) is 25.4 Å². The van der Waals surface area contributed by atoms with E-state index in [9.17, 15) is 9.59 Å². The first-order valence-electron chi connectivity index (χ1n) is 6.45. The van der Waals surface area contributed by atoms with Crippen LogP contribution in [0.5, 0.6) is 5.75 Å². The van der Waals surface area contributed by atoms with Crippen LogP contribution in [0.3, 0.4) is 0 Å². The van der Waals surface area contributed by atoms with Gasteiger partial charge >= 0.3 is 5.97 Å². The highest BCUT2D eigenvalue weighted by molar-refractivity contribution is 5.88. The average molecular weight is 280 g/mol. The highest BCUT2D eigenvalue weighted by Crippen LogP contribution is 2.12. The van der Waals surface area contributed by atoms with Crippen molar-refractivity contribution in [2.45, 2.75) is 6.92 Å². The smallest absolute Gasteiger partial charge is 0.335 e. The van der Waals surface area contributed by atoms with Gasteiger partial charge in [0.25, 0.3) is 0 Å². The van der Waals surface area contributed by atoms with Crippen molar-refractivity contribution in [1.29, 1.82) is 0 Å². The summed E-state index contributed by atoms with van der Waals surface area (Å²) in [6.45, 7) is 3.74. The summed E-state index contributed by atoms with van der Waals surface area (Å²) in [5.74, 6) is -0.453. The maximum absolute atomic E-state index is 11.5. The second kappa shape index (κ2) is 8.16. The van der Waals surface area contributed by atoms with E-state index < -0.39 is 5.97 Å². The number of ether oxygens (including phenoxy) is 1. The fourth-order valence-corrected chi connectivity index (χ4v) is 1.47. The van der Waals surface area contributed by atoms with Crippen LogP contribution in [0.15, 0.2) is 24.3 Å². The molecule has 0 aliphatic carbocycles. The standard InChI is InChI=1S/C14H20N2O4/c1-3-16(2)13(17)10-15-7-8-20-12-6-4-5-11(9-12)14(18)19/h4-6,9,15H,3,7-8,10H2,1-2H3,(H,18,19). The van der Waals surface area contributed by atoms with Crippen molar-refractivity contribution in [1.82, 2.24) is 10.2 Å². The summed E-state index contributed by atoms with van der Waals surface area (Å²) in [5, 5.41) is 11.8. The van der Waals surface area contributed by atoms with E-state index in [1.807, 2.05) is 6.92 Å². The molecule has 1 amide bonds. The first-order valence-corrected chi connectivity index (χ1v) is 6.45. The third kappa shape index (κ3) is 5.27. The Morgan fingerprint density at radius 2 is 2.15 bits per heavy atom. The van der Waals surface area contributed by atoms with Gasteiger partial charge in [-0.25, -0.2) is 4.79 Å². The second-order valence-corrected chi connectivity index (χ2v) is 4.27. The van der Waals surface area contributed by atoms with Gasteiger partial charge in [-0.15, -0.1) is 0 Å². The summed E-state index contributed by atoms with van der Waals surface area (Å²) in [6.07, 6.45) is 0. The van der Waals surface area contributed by atoms with Gasteiger partial charge in [0.05, 0.1) is 12.1 Å². The molecule has 0 spiro atoms. The Balaban J connectivity index is 2.26. The summed E-state index contributed by atoms with van der Waals surface area (Å²) in [7, 11) is 1.75. The minimum atomic E-state index is -0.984. The Labute approximate surface area is 118 Å². The van der Waals surface area contributed by atoms with E-state index in [2.05, 4.69) is 5.32 Å². The van der Waals surface area contributed by atoms with Crippen LogP contribution in [0.25, 0.3) is 0 Å². The molecule has 0 bridgehead atoms. The van der Waals surface area contributed by atoms with Gasteiger partial charge in [-0.1, -0.05) is 6.07 Å². The Hall–Kier alpha value is -2.08. The number of nitrogens with zero attached hydrogens (tertiary/aromatic N) is 1. The Bertz CT molecular complexity index is 462. The molecule has 0 saturated heterocycles. The maximum atomic E-state index is 11.5. The lowest BCUT2D eigenvalue weighted by Gasteiger charge is -2.14. The molecule has 0 radical (unpaired) electrons. The highest BCUT2D eigenvalue weighted by Gasteiger charge is 2.05. The van der Waals surface area contributed by atoms with Gasteiger partial charge in [0.15, 0.2) is 0 Å². The number of hydrogen-bond acceptors (Lipinski definition) is 4. The normalized spacial score (nSPS) is 10.1. The van der Waals surface area contributed by atoms with E-state index in [4.69, 9.17) is 9.84 Å². The molecule has 0 saturated carbocycles. The summed E-state index contributed by atoms with van der Waals surface area (Å²) < 4.78 is 5.41. The maximum Gasteiger partial charge on any atom is 0.335 e. The minimum Gasteiger partial charge on any atom is -0.492 e. The molecule has 6 nitrogen and oxygen atoms in total. The molecule has 20 heavy (non-hydrogen) atoms. The largest absolute Gasteiger partial charge is 0.492 e. The molecule has 1 aromatic carbocycles. The molecule has 0 aromatic heterocycles. The van der Waals surface area contributed by atoms with E-state index in [1.165, 1.54) is 12.1 Å². The summed E-state index contributed by atoms with van der Waals surface area (Å²) in [5.41, 5.74) is 0.190. The summed E-state index contributed by atoms with van der Waals surface area (Å²) in [4.78, 5) is 23.9. The van der Waals surface area contributed by atoms with Crippen LogP contribution < -0.4 is 10.1 Å². The SMILES string of the molecule is CCN(C)C(=O)CNCCOc1cccc(C(=O)O)c1. The number of likely N-dealkylation sites (N-methyl/N-ethyl adjacent to an activating group) is 1. The number of amides is 1. The van der Waals surface area contributed by atoms with Crippen molar-refractivity contribution in [2.75, 3.05) is 33.3 Å². The molecular formula is C14H20N2O4. The minimum absolute atomic E-state index is 0.0281. The van der Waals surface area contributed by atoms with Gasteiger partial charge < -0.3 is 20.1 Å². The average Bonchev–Trinajstić information content (AvgIpc) is 2.46. The molecule has 6 heteroatoms. The number of rotatable bonds is 8. The number of aromatic carboxylic acids is 1. The molecule has 0 aliphatic rings. The quantitative estimate of drug-likeness (QED) is 0.690. The number of carboxylic acid groups (broad SMARTS) is 1. The number of nitrogens with one attached hydrogen (secondary N) is 1.